The third kappa shape index (κ3) is 3.98. The quantitative estimate of drug-likeness (QED) is 0.874. The van der Waals surface area contributed by atoms with Crippen molar-refractivity contribution in [3.8, 4) is 0 Å². The molecule has 0 saturated carbocycles. The van der Waals surface area contributed by atoms with E-state index in [1.54, 1.807) is 0 Å². The molecule has 0 radical (unpaired) electrons. The highest BCUT2D eigenvalue weighted by atomic mass is 35.5. The first-order valence-electron chi connectivity index (χ1n) is 6.13. The molecule has 1 aromatic carbocycles. The van der Waals surface area contributed by atoms with Crippen molar-refractivity contribution in [2.45, 2.75) is 32.9 Å². The van der Waals surface area contributed by atoms with Gasteiger partial charge in [-0.15, -0.1) is 0 Å². The SMILES string of the molecule is CC(N)C(C)CN(C)C(C)c1ccccc1Cl. The number of nitrogens with zero attached hydrogens (tertiary/aromatic N) is 1. The first-order chi connectivity index (χ1) is 7.93. The van der Waals surface area contributed by atoms with Gasteiger partial charge in [-0.1, -0.05) is 36.7 Å². The zero-order chi connectivity index (χ0) is 13.0. The highest BCUT2D eigenvalue weighted by Crippen LogP contribution is 2.26. The summed E-state index contributed by atoms with van der Waals surface area (Å²) in [5, 5.41) is 0.834. The molecule has 1 aromatic rings. The van der Waals surface area contributed by atoms with E-state index in [2.05, 4.69) is 38.8 Å². The number of nitrogens with two attached hydrogens (primary N) is 1. The van der Waals surface area contributed by atoms with Crippen LogP contribution in [0.5, 0.6) is 0 Å². The molecule has 0 fully saturated rings. The van der Waals surface area contributed by atoms with E-state index in [4.69, 9.17) is 17.3 Å². The standard InChI is InChI=1S/C14H23ClN2/c1-10(11(2)16)9-17(4)12(3)13-7-5-6-8-14(13)15/h5-8,10-12H,9,16H2,1-4H3. The number of benzene rings is 1. The molecule has 3 atom stereocenters. The molecule has 0 amide bonds. The van der Waals surface area contributed by atoms with Crippen LogP contribution < -0.4 is 5.73 Å². The van der Waals surface area contributed by atoms with Crippen molar-refractivity contribution in [1.82, 2.24) is 4.90 Å². The van der Waals surface area contributed by atoms with Crippen molar-refractivity contribution in [3.05, 3.63) is 34.9 Å². The molecule has 0 saturated heterocycles. The first-order valence-corrected chi connectivity index (χ1v) is 6.51. The lowest BCUT2D eigenvalue weighted by molar-refractivity contribution is 0.215. The average molecular weight is 255 g/mol. The van der Waals surface area contributed by atoms with E-state index in [1.165, 1.54) is 5.56 Å². The Morgan fingerprint density at radius 2 is 1.82 bits per heavy atom. The van der Waals surface area contributed by atoms with E-state index in [0.29, 0.717) is 12.0 Å². The summed E-state index contributed by atoms with van der Waals surface area (Å²) in [5.41, 5.74) is 7.07. The Morgan fingerprint density at radius 3 is 2.35 bits per heavy atom. The second-order valence-corrected chi connectivity index (χ2v) is 5.38. The Labute approximate surface area is 110 Å². The molecular formula is C14H23ClN2. The molecule has 2 N–H and O–H groups in total. The molecule has 1 rings (SSSR count). The van der Waals surface area contributed by atoms with Crippen LogP contribution in [0.25, 0.3) is 0 Å². The van der Waals surface area contributed by atoms with Crippen LogP contribution in [-0.2, 0) is 0 Å². The molecule has 0 bridgehead atoms. The largest absolute Gasteiger partial charge is 0.328 e. The van der Waals surface area contributed by atoms with Gasteiger partial charge in [0.05, 0.1) is 0 Å². The van der Waals surface area contributed by atoms with Crippen LogP contribution in [-0.4, -0.2) is 24.5 Å². The molecule has 0 spiro atoms. The fourth-order valence-corrected chi connectivity index (χ4v) is 2.12. The predicted octanol–water partition coefficient (Wildman–Crippen LogP) is 3.32. The van der Waals surface area contributed by atoms with Gasteiger partial charge >= 0.3 is 0 Å². The minimum Gasteiger partial charge on any atom is -0.328 e. The Morgan fingerprint density at radius 1 is 1.24 bits per heavy atom. The van der Waals surface area contributed by atoms with Gasteiger partial charge in [-0.3, -0.25) is 4.90 Å². The van der Waals surface area contributed by atoms with Crippen molar-refractivity contribution >= 4 is 11.6 Å². The third-order valence-corrected chi connectivity index (χ3v) is 3.83. The lowest BCUT2D eigenvalue weighted by Gasteiger charge is -2.29. The Kier molecular flexibility index (Phi) is 5.44. The van der Waals surface area contributed by atoms with E-state index in [0.717, 1.165) is 11.6 Å². The van der Waals surface area contributed by atoms with Gasteiger partial charge in [0.1, 0.15) is 0 Å². The molecule has 3 unspecified atom stereocenters. The number of hydrogen-bond acceptors (Lipinski definition) is 2. The summed E-state index contributed by atoms with van der Waals surface area (Å²) in [5.74, 6) is 0.477. The summed E-state index contributed by atoms with van der Waals surface area (Å²) >= 11 is 6.21. The van der Waals surface area contributed by atoms with Crippen LogP contribution in [0.4, 0.5) is 0 Å². The van der Waals surface area contributed by atoms with E-state index >= 15 is 0 Å². The summed E-state index contributed by atoms with van der Waals surface area (Å²) in [6.07, 6.45) is 0. The van der Waals surface area contributed by atoms with Crippen molar-refractivity contribution in [1.29, 1.82) is 0 Å². The van der Waals surface area contributed by atoms with Crippen LogP contribution in [0.1, 0.15) is 32.4 Å². The third-order valence-electron chi connectivity index (χ3n) is 3.49. The van der Waals surface area contributed by atoms with Crippen LogP contribution >= 0.6 is 11.6 Å². The van der Waals surface area contributed by atoms with E-state index in [1.807, 2.05) is 18.2 Å². The zero-order valence-corrected chi connectivity index (χ0v) is 11.9. The van der Waals surface area contributed by atoms with Crippen molar-refractivity contribution in [3.63, 3.8) is 0 Å². The maximum absolute atomic E-state index is 6.21. The van der Waals surface area contributed by atoms with Crippen LogP contribution in [0.2, 0.25) is 5.02 Å². The fraction of sp³-hybridized carbons (Fsp3) is 0.571. The average Bonchev–Trinajstić information content (AvgIpc) is 2.28. The summed E-state index contributed by atoms with van der Waals surface area (Å²) < 4.78 is 0. The summed E-state index contributed by atoms with van der Waals surface area (Å²) in [6.45, 7) is 7.39. The summed E-state index contributed by atoms with van der Waals surface area (Å²) in [6, 6.07) is 8.54. The molecule has 0 heterocycles. The molecule has 3 heteroatoms. The molecule has 2 nitrogen and oxygen atoms in total. The molecule has 0 aliphatic heterocycles. The number of rotatable bonds is 5. The summed E-state index contributed by atoms with van der Waals surface area (Å²) in [4.78, 5) is 2.30. The Hall–Kier alpha value is -0.570. The van der Waals surface area contributed by atoms with Gasteiger partial charge in [0.2, 0.25) is 0 Å². The van der Waals surface area contributed by atoms with Crippen LogP contribution in [0.3, 0.4) is 0 Å². The van der Waals surface area contributed by atoms with Crippen LogP contribution in [0, 0.1) is 5.92 Å². The van der Waals surface area contributed by atoms with Gasteiger partial charge in [-0.2, -0.15) is 0 Å². The van der Waals surface area contributed by atoms with E-state index in [9.17, 15) is 0 Å². The number of hydrogen-bond donors (Lipinski definition) is 1. The van der Waals surface area contributed by atoms with Crippen molar-refractivity contribution in [2.24, 2.45) is 11.7 Å². The molecule has 17 heavy (non-hydrogen) atoms. The molecule has 0 aliphatic rings. The zero-order valence-electron chi connectivity index (χ0n) is 11.2. The maximum atomic E-state index is 6.21. The minimum atomic E-state index is 0.218. The van der Waals surface area contributed by atoms with Gasteiger partial charge in [0, 0.05) is 23.7 Å². The lowest BCUT2D eigenvalue weighted by atomic mass is 10.0. The lowest BCUT2D eigenvalue weighted by Crippen LogP contribution is -2.35. The maximum Gasteiger partial charge on any atom is 0.0453 e. The number of halogens is 1. The normalized spacial score (nSPS) is 16.9. The highest BCUT2D eigenvalue weighted by molar-refractivity contribution is 6.31. The van der Waals surface area contributed by atoms with Crippen molar-refractivity contribution in [2.75, 3.05) is 13.6 Å². The van der Waals surface area contributed by atoms with Crippen LogP contribution in [0.15, 0.2) is 24.3 Å². The molecule has 96 valence electrons. The fourth-order valence-electron chi connectivity index (χ4n) is 1.83. The van der Waals surface area contributed by atoms with Gasteiger partial charge in [-0.05, 0) is 38.4 Å². The Bertz CT molecular complexity index is 352. The molecule has 0 aromatic heterocycles. The second kappa shape index (κ2) is 6.39. The van der Waals surface area contributed by atoms with Gasteiger partial charge in [0.15, 0.2) is 0 Å². The molecular weight excluding hydrogens is 232 g/mol. The van der Waals surface area contributed by atoms with Gasteiger partial charge < -0.3 is 5.73 Å². The van der Waals surface area contributed by atoms with Crippen molar-refractivity contribution < 1.29 is 0 Å². The second-order valence-electron chi connectivity index (χ2n) is 4.97. The van der Waals surface area contributed by atoms with Gasteiger partial charge in [0.25, 0.3) is 0 Å². The van der Waals surface area contributed by atoms with Gasteiger partial charge in [-0.25, -0.2) is 0 Å². The van der Waals surface area contributed by atoms with E-state index in [-0.39, 0.29) is 6.04 Å². The predicted molar refractivity (Wildman–Crippen MR) is 75.3 cm³/mol. The topological polar surface area (TPSA) is 29.3 Å². The smallest absolute Gasteiger partial charge is 0.0453 e. The highest BCUT2D eigenvalue weighted by Gasteiger charge is 2.17. The Balaban J connectivity index is 2.70. The molecule has 0 aliphatic carbocycles. The first kappa shape index (κ1) is 14.5. The summed E-state index contributed by atoms with van der Waals surface area (Å²) in [7, 11) is 2.12. The minimum absolute atomic E-state index is 0.218. The monoisotopic (exact) mass is 254 g/mol. The van der Waals surface area contributed by atoms with E-state index < -0.39 is 0 Å².